The molecular formula is C15H12O4. The number of hydrogen-bond acceptors (Lipinski definition) is 4. The van der Waals surface area contributed by atoms with Crippen molar-refractivity contribution in [2.45, 2.75) is 6.61 Å². The van der Waals surface area contributed by atoms with Crippen LogP contribution in [0.3, 0.4) is 0 Å². The van der Waals surface area contributed by atoms with E-state index in [4.69, 9.17) is 13.6 Å². The molecule has 3 rings (SSSR count). The summed E-state index contributed by atoms with van der Waals surface area (Å²) in [5.41, 5.74) is 1.26. The van der Waals surface area contributed by atoms with Crippen LogP contribution < -0.4 is 0 Å². The molecule has 0 amide bonds. The Labute approximate surface area is 109 Å². The van der Waals surface area contributed by atoms with Gasteiger partial charge in [0.25, 0.3) is 0 Å². The molecule has 0 aliphatic rings. The highest BCUT2D eigenvalue weighted by Gasteiger charge is 2.13. The summed E-state index contributed by atoms with van der Waals surface area (Å²) >= 11 is 0. The number of ketones is 1. The highest BCUT2D eigenvalue weighted by Crippen LogP contribution is 2.21. The van der Waals surface area contributed by atoms with Crippen molar-refractivity contribution in [1.29, 1.82) is 0 Å². The number of rotatable bonds is 5. The topological polar surface area (TPSA) is 52.6 Å². The van der Waals surface area contributed by atoms with Gasteiger partial charge >= 0.3 is 0 Å². The Balaban J connectivity index is 1.67. The van der Waals surface area contributed by atoms with Gasteiger partial charge in [0.05, 0.1) is 11.8 Å². The van der Waals surface area contributed by atoms with Crippen molar-refractivity contribution in [2.24, 2.45) is 0 Å². The lowest BCUT2D eigenvalue weighted by Crippen LogP contribution is -2.08. The van der Waals surface area contributed by atoms with Gasteiger partial charge in [0.15, 0.2) is 5.78 Å². The predicted octanol–water partition coefficient (Wildman–Crippen LogP) is 3.43. The normalized spacial score (nSPS) is 10.9. The first-order valence-corrected chi connectivity index (χ1v) is 5.94. The van der Waals surface area contributed by atoms with E-state index in [0.717, 1.165) is 5.39 Å². The zero-order valence-electron chi connectivity index (χ0n) is 10.2. The van der Waals surface area contributed by atoms with Crippen LogP contribution in [0.4, 0.5) is 0 Å². The van der Waals surface area contributed by atoms with Crippen LogP contribution in [0.5, 0.6) is 0 Å². The Morgan fingerprint density at radius 1 is 1.11 bits per heavy atom. The van der Waals surface area contributed by atoms with Gasteiger partial charge in [-0.05, 0) is 18.2 Å². The third-order valence-corrected chi connectivity index (χ3v) is 2.84. The molecule has 19 heavy (non-hydrogen) atoms. The fraction of sp³-hybridized carbons (Fsp3) is 0.133. The highest BCUT2D eigenvalue weighted by atomic mass is 16.5. The monoisotopic (exact) mass is 256 g/mol. The Hall–Kier alpha value is -2.33. The molecule has 0 aliphatic heterocycles. The molecule has 96 valence electrons. The molecule has 0 saturated heterocycles. The maximum absolute atomic E-state index is 12.0. The molecule has 0 bridgehead atoms. The minimum absolute atomic E-state index is 0.00419. The summed E-state index contributed by atoms with van der Waals surface area (Å²) in [7, 11) is 0. The van der Waals surface area contributed by atoms with Crippen molar-refractivity contribution in [3.63, 3.8) is 0 Å². The number of benzene rings is 1. The van der Waals surface area contributed by atoms with E-state index in [-0.39, 0.29) is 19.0 Å². The maximum Gasteiger partial charge on any atom is 0.192 e. The Morgan fingerprint density at radius 3 is 2.84 bits per heavy atom. The zero-order chi connectivity index (χ0) is 13.1. The molecule has 2 aromatic heterocycles. The second-order valence-corrected chi connectivity index (χ2v) is 4.14. The molecule has 0 aliphatic carbocycles. The number of carbonyl (C=O) groups excluding carboxylic acids is 1. The zero-order valence-corrected chi connectivity index (χ0v) is 10.2. The smallest absolute Gasteiger partial charge is 0.192 e. The number of hydrogen-bond donors (Lipinski definition) is 0. The van der Waals surface area contributed by atoms with Gasteiger partial charge in [0.1, 0.15) is 30.8 Å². The van der Waals surface area contributed by atoms with Crippen molar-refractivity contribution in [3.8, 4) is 0 Å². The molecule has 0 radical (unpaired) electrons. The molecular weight excluding hydrogens is 244 g/mol. The van der Waals surface area contributed by atoms with Crippen molar-refractivity contribution >= 4 is 16.8 Å². The standard InChI is InChI=1S/C15H12O4/c16-14(10-17-8-11-4-3-7-18-11)13-9-19-15-6-2-1-5-12(13)15/h1-7,9H,8,10H2. The third-order valence-electron chi connectivity index (χ3n) is 2.84. The van der Waals surface area contributed by atoms with Gasteiger partial charge in [0.2, 0.25) is 0 Å². The van der Waals surface area contributed by atoms with Crippen molar-refractivity contribution in [3.05, 3.63) is 60.2 Å². The number of furan rings is 2. The second-order valence-electron chi connectivity index (χ2n) is 4.14. The fourth-order valence-electron chi connectivity index (χ4n) is 1.91. The Morgan fingerprint density at radius 2 is 2.00 bits per heavy atom. The van der Waals surface area contributed by atoms with E-state index in [9.17, 15) is 4.79 Å². The van der Waals surface area contributed by atoms with E-state index < -0.39 is 0 Å². The van der Waals surface area contributed by atoms with Gasteiger partial charge in [-0.1, -0.05) is 18.2 Å². The molecule has 3 aromatic rings. The average molecular weight is 256 g/mol. The highest BCUT2D eigenvalue weighted by molar-refractivity contribution is 6.07. The summed E-state index contributed by atoms with van der Waals surface area (Å²) in [4.78, 5) is 12.0. The second kappa shape index (κ2) is 5.12. The molecule has 0 fully saturated rings. The van der Waals surface area contributed by atoms with Crippen LogP contribution in [0.25, 0.3) is 11.0 Å². The van der Waals surface area contributed by atoms with Crippen molar-refractivity contribution in [1.82, 2.24) is 0 Å². The Kier molecular flexibility index (Phi) is 3.16. The molecule has 0 spiro atoms. The largest absolute Gasteiger partial charge is 0.467 e. The number of para-hydroxylation sites is 1. The first-order valence-electron chi connectivity index (χ1n) is 5.94. The maximum atomic E-state index is 12.0. The number of Topliss-reactive ketones (excluding diaryl/α,β-unsaturated/α-hetero) is 1. The summed E-state index contributed by atoms with van der Waals surface area (Å²) in [5, 5.41) is 0.814. The van der Waals surface area contributed by atoms with E-state index in [2.05, 4.69) is 0 Å². The lowest BCUT2D eigenvalue weighted by atomic mass is 10.1. The SMILES string of the molecule is O=C(COCc1ccco1)c1coc2ccccc12. The van der Waals surface area contributed by atoms with Crippen LogP contribution in [0.15, 0.2) is 57.8 Å². The molecule has 0 unspecified atom stereocenters. The van der Waals surface area contributed by atoms with E-state index in [1.165, 1.54) is 6.26 Å². The fourth-order valence-corrected chi connectivity index (χ4v) is 1.91. The van der Waals surface area contributed by atoms with Gasteiger partial charge in [-0.3, -0.25) is 4.79 Å². The minimum atomic E-state index is -0.100. The van der Waals surface area contributed by atoms with Crippen LogP contribution in [-0.4, -0.2) is 12.4 Å². The molecule has 4 nitrogen and oxygen atoms in total. The van der Waals surface area contributed by atoms with E-state index in [1.54, 1.807) is 18.4 Å². The van der Waals surface area contributed by atoms with Crippen LogP contribution in [0.2, 0.25) is 0 Å². The van der Waals surface area contributed by atoms with Gasteiger partial charge in [-0.15, -0.1) is 0 Å². The lowest BCUT2D eigenvalue weighted by molar-refractivity contribution is 0.0692. The average Bonchev–Trinajstić information content (AvgIpc) is 3.07. The van der Waals surface area contributed by atoms with Crippen molar-refractivity contribution in [2.75, 3.05) is 6.61 Å². The van der Waals surface area contributed by atoms with E-state index in [0.29, 0.717) is 16.9 Å². The van der Waals surface area contributed by atoms with Crippen LogP contribution in [0.1, 0.15) is 16.1 Å². The van der Waals surface area contributed by atoms with Gasteiger partial charge in [-0.25, -0.2) is 0 Å². The van der Waals surface area contributed by atoms with Crippen LogP contribution in [0, 0.1) is 0 Å². The summed E-state index contributed by atoms with van der Waals surface area (Å²) in [6.07, 6.45) is 3.05. The molecule has 1 aromatic carbocycles. The number of fused-ring (bicyclic) bond motifs is 1. The Bertz CT molecular complexity index is 679. The number of ether oxygens (including phenoxy) is 1. The predicted molar refractivity (Wildman–Crippen MR) is 68.9 cm³/mol. The summed E-state index contributed by atoms with van der Waals surface area (Å²) in [6, 6.07) is 11.0. The van der Waals surface area contributed by atoms with Gasteiger partial charge in [0, 0.05) is 5.39 Å². The first-order chi connectivity index (χ1) is 9.34. The number of carbonyl (C=O) groups is 1. The van der Waals surface area contributed by atoms with Crippen LogP contribution in [-0.2, 0) is 11.3 Å². The summed E-state index contributed by atoms with van der Waals surface area (Å²) in [6.45, 7) is 0.290. The van der Waals surface area contributed by atoms with Crippen LogP contribution >= 0.6 is 0 Å². The minimum Gasteiger partial charge on any atom is -0.467 e. The quantitative estimate of drug-likeness (QED) is 0.656. The van der Waals surface area contributed by atoms with E-state index in [1.807, 2.05) is 24.3 Å². The molecule has 2 heterocycles. The lowest BCUT2D eigenvalue weighted by Gasteiger charge is -2.00. The van der Waals surface area contributed by atoms with Gasteiger partial charge in [-0.2, -0.15) is 0 Å². The molecule has 0 N–H and O–H groups in total. The third kappa shape index (κ3) is 2.44. The first kappa shape index (κ1) is 11.7. The molecule has 0 saturated carbocycles. The summed E-state index contributed by atoms with van der Waals surface area (Å²) in [5.74, 6) is 0.598. The van der Waals surface area contributed by atoms with Gasteiger partial charge < -0.3 is 13.6 Å². The molecule has 4 heteroatoms. The van der Waals surface area contributed by atoms with Crippen molar-refractivity contribution < 1.29 is 18.4 Å². The van der Waals surface area contributed by atoms with E-state index >= 15 is 0 Å². The molecule has 0 atom stereocenters. The summed E-state index contributed by atoms with van der Waals surface area (Å²) < 4.78 is 15.8.